The minimum atomic E-state index is 0.618. The van der Waals surface area contributed by atoms with Crippen LogP contribution in [0.5, 0.6) is 0 Å². The van der Waals surface area contributed by atoms with Gasteiger partial charge < -0.3 is 0 Å². The summed E-state index contributed by atoms with van der Waals surface area (Å²) in [6.45, 7) is 0. The molecule has 0 fully saturated rings. The molecule has 0 amide bonds. The molecule has 1 heterocycles. The van der Waals surface area contributed by atoms with Crippen LogP contribution >= 0.6 is 0 Å². The van der Waals surface area contributed by atoms with Gasteiger partial charge in [-0.25, -0.2) is 0 Å². The molecule has 26 heavy (non-hydrogen) atoms. The molecule has 0 spiro atoms. The summed E-state index contributed by atoms with van der Waals surface area (Å²) in [5.41, 5.74) is 5.20. The average molecular weight is 341 g/mol. The van der Waals surface area contributed by atoms with Crippen LogP contribution in [0.1, 0.15) is 29.8 Å². The van der Waals surface area contributed by atoms with Gasteiger partial charge in [0.25, 0.3) is 0 Å². The molecule has 0 unspecified atom stereocenters. The number of hydrogen-bond acceptors (Lipinski definition) is 4. The maximum Gasteiger partial charge on any atom is 0.225 e. The molecular weight excluding hydrogens is 324 g/mol. The van der Waals surface area contributed by atoms with Crippen molar-refractivity contribution in [2.24, 2.45) is 5.10 Å². The van der Waals surface area contributed by atoms with Crippen molar-refractivity contribution in [1.82, 2.24) is 9.90 Å². The number of benzene rings is 1. The van der Waals surface area contributed by atoms with Crippen LogP contribution in [-0.4, -0.2) is 21.5 Å². The van der Waals surface area contributed by atoms with Crippen LogP contribution in [0, 0.1) is 16.7 Å². The molecule has 2 aromatic rings. The summed E-state index contributed by atoms with van der Waals surface area (Å²) >= 11 is 0. The van der Waals surface area contributed by atoms with E-state index < -0.39 is 0 Å². The number of fused-ring (bicyclic) bond motifs is 1. The lowest BCUT2D eigenvalue weighted by atomic mass is 10.0. The fourth-order valence-electron chi connectivity index (χ4n) is 3.13. The highest BCUT2D eigenvalue weighted by Crippen LogP contribution is 2.18. The molecule has 0 aliphatic heterocycles. The van der Waals surface area contributed by atoms with E-state index in [0.29, 0.717) is 5.56 Å². The van der Waals surface area contributed by atoms with E-state index in [1.165, 1.54) is 0 Å². The summed E-state index contributed by atoms with van der Waals surface area (Å²) in [6.07, 6.45) is 11.6. The van der Waals surface area contributed by atoms with Gasteiger partial charge in [-0.3, -0.25) is 5.41 Å². The number of aryl methyl sites for hydroxylation is 1. The normalized spacial score (nSPS) is 15.3. The van der Waals surface area contributed by atoms with E-state index >= 15 is 0 Å². The molecular formula is C20H17N6+. The Hall–Kier alpha value is -3.55. The van der Waals surface area contributed by atoms with Crippen LogP contribution in [0.2, 0.25) is 0 Å². The minimum absolute atomic E-state index is 0.618. The molecule has 2 aliphatic carbocycles. The highest BCUT2D eigenvalue weighted by Gasteiger charge is 2.29. The van der Waals surface area contributed by atoms with Gasteiger partial charge in [0.15, 0.2) is 0 Å². The van der Waals surface area contributed by atoms with Gasteiger partial charge in [-0.15, -0.1) is 0 Å². The summed E-state index contributed by atoms with van der Waals surface area (Å²) < 4.78 is 0. The highest BCUT2D eigenvalue weighted by atomic mass is 15.7. The van der Waals surface area contributed by atoms with Gasteiger partial charge in [-0.1, -0.05) is 5.10 Å². The fourth-order valence-corrected chi connectivity index (χ4v) is 3.13. The van der Waals surface area contributed by atoms with Crippen LogP contribution in [0.15, 0.2) is 59.2 Å². The second-order valence-corrected chi connectivity index (χ2v) is 6.21. The number of rotatable bonds is 2. The van der Waals surface area contributed by atoms with Gasteiger partial charge in [0, 0.05) is 23.2 Å². The van der Waals surface area contributed by atoms with Crippen molar-refractivity contribution in [3.63, 3.8) is 0 Å². The maximum absolute atomic E-state index is 9.01. The Balaban J connectivity index is 1.82. The van der Waals surface area contributed by atoms with Crippen molar-refractivity contribution in [3.05, 3.63) is 71.1 Å². The van der Waals surface area contributed by atoms with Crippen LogP contribution in [-0.2, 0) is 12.8 Å². The molecule has 0 saturated heterocycles. The second kappa shape index (κ2) is 6.75. The van der Waals surface area contributed by atoms with Crippen LogP contribution in [0.4, 0.5) is 0 Å². The zero-order chi connectivity index (χ0) is 17.9. The molecule has 6 nitrogen and oxygen atoms in total. The first-order valence-corrected chi connectivity index (χ1v) is 8.57. The molecule has 2 aliphatic rings. The van der Waals surface area contributed by atoms with Crippen LogP contribution in [0.3, 0.4) is 0 Å². The van der Waals surface area contributed by atoms with E-state index in [2.05, 4.69) is 11.9 Å². The summed E-state index contributed by atoms with van der Waals surface area (Å²) in [5, 5.41) is 25.7. The molecule has 0 bridgehead atoms. The number of allylic oxidation sites excluding steroid dienone is 5. The quantitative estimate of drug-likeness (QED) is 0.672. The number of nitrogens with one attached hydrogen (secondary N) is 1. The van der Waals surface area contributed by atoms with Crippen molar-refractivity contribution in [2.45, 2.75) is 25.7 Å². The summed E-state index contributed by atoms with van der Waals surface area (Å²) in [5.74, 6) is 2.37. The number of nitriles is 1. The average Bonchev–Trinajstić information content (AvgIpc) is 3.07. The predicted molar refractivity (Wildman–Crippen MR) is 97.5 cm³/mol. The van der Waals surface area contributed by atoms with Gasteiger partial charge in [-0.2, -0.15) is 5.26 Å². The van der Waals surface area contributed by atoms with Crippen molar-refractivity contribution in [2.75, 3.05) is 0 Å². The molecule has 0 atom stereocenters. The monoisotopic (exact) mass is 341 g/mol. The number of nitrogens with zero attached hydrogens (tertiary/aromatic N) is 5. The molecule has 0 radical (unpaired) electrons. The topological polar surface area (TPSA) is 81.7 Å². The Bertz CT molecular complexity index is 1020. The molecule has 0 saturated carbocycles. The first kappa shape index (κ1) is 15.9. The lowest BCUT2D eigenvalue weighted by molar-refractivity contribution is -0.761. The van der Waals surface area contributed by atoms with Crippen molar-refractivity contribution < 1.29 is 4.79 Å². The summed E-state index contributed by atoms with van der Waals surface area (Å²) in [7, 11) is 0. The Labute approximate surface area is 151 Å². The Kier molecular flexibility index (Phi) is 4.14. The SMILES string of the molecule is N#Cc1ccc(-n2nc3c([n+]2N=C2C=CC(=C=N)C=C2)CCCC3)cc1. The van der Waals surface area contributed by atoms with Gasteiger partial charge >= 0.3 is 0 Å². The van der Waals surface area contributed by atoms with E-state index in [-0.39, 0.29) is 0 Å². The Morgan fingerprint density at radius 3 is 2.50 bits per heavy atom. The summed E-state index contributed by atoms with van der Waals surface area (Å²) in [4.78, 5) is 3.66. The standard InChI is InChI=1S/C20H17N6/c21-13-15-5-9-17(10-6-15)23-26-20-4-2-1-3-19(20)24-25(26)18-11-7-16(14-22)8-12-18/h5-12,21H,1-4H2/q+1. The predicted octanol–water partition coefficient (Wildman–Crippen LogP) is 2.42. The lowest BCUT2D eigenvalue weighted by Crippen LogP contribution is -2.42. The Morgan fingerprint density at radius 1 is 1.08 bits per heavy atom. The molecule has 126 valence electrons. The first-order valence-electron chi connectivity index (χ1n) is 8.57. The van der Waals surface area contributed by atoms with Crippen molar-refractivity contribution in [1.29, 1.82) is 10.7 Å². The minimum Gasteiger partial charge on any atom is -0.258 e. The number of aromatic nitrogens is 3. The van der Waals surface area contributed by atoms with E-state index in [0.717, 1.165) is 54.0 Å². The Morgan fingerprint density at radius 2 is 1.81 bits per heavy atom. The largest absolute Gasteiger partial charge is 0.258 e. The van der Waals surface area contributed by atoms with Crippen LogP contribution < -0.4 is 4.79 Å². The van der Waals surface area contributed by atoms with Crippen molar-refractivity contribution in [3.8, 4) is 11.8 Å². The molecule has 1 aromatic carbocycles. The lowest BCUT2D eigenvalue weighted by Gasteiger charge is -2.05. The fraction of sp³-hybridized carbons (Fsp3) is 0.200. The molecule has 1 aromatic heterocycles. The van der Waals surface area contributed by atoms with Gasteiger partial charge in [0.2, 0.25) is 11.4 Å². The molecule has 1 N–H and O–H groups in total. The van der Waals surface area contributed by atoms with Crippen LogP contribution in [0.25, 0.3) is 5.69 Å². The van der Waals surface area contributed by atoms with Gasteiger partial charge in [0.1, 0.15) is 11.4 Å². The molecule has 6 heteroatoms. The zero-order valence-electron chi connectivity index (χ0n) is 14.2. The van der Waals surface area contributed by atoms with Crippen molar-refractivity contribution >= 4 is 11.6 Å². The third kappa shape index (κ3) is 2.92. The molecule has 4 rings (SSSR count). The maximum atomic E-state index is 9.01. The van der Waals surface area contributed by atoms with E-state index in [9.17, 15) is 0 Å². The summed E-state index contributed by atoms with van der Waals surface area (Å²) in [6, 6.07) is 9.48. The first-order chi connectivity index (χ1) is 12.8. The zero-order valence-corrected chi connectivity index (χ0v) is 14.2. The smallest absolute Gasteiger partial charge is 0.225 e. The van der Waals surface area contributed by atoms with E-state index in [1.807, 2.05) is 41.2 Å². The van der Waals surface area contributed by atoms with E-state index in [1.54, 1.807) is 16.9 Å². The highest BCUT2D eigenvalue weighted by molar-refractivity contribution is 6.06. The van der Waals surface area contributed by atoms with Gasteiger partial charge in [-0.05, 0) is 72.1 Å². The number of hydrogen-bond donors (Lipinski definition) is 1. The second-order valence-electron chi connectivity index (χ2n) is 6.21. The third-order valence-electron chi connectivity index (χ3n) is 4.50. The van der Waals surface area contributed by atoms with Gasteiger partial charge in [0.05, 0.1) is 16.7 Å². The third-order valence-corrected chi connectivity index (χ3v) is 4.50. The van der Waals surface area contributed by atoms with E-state index in [4.69, 9.17) is 20.9 Å².